The smallest absolute Gasteiger partial charge is 0.312 e. The molecule has 1 atom stereocenters. The van der Waals surface area contributed by atoms with Crippen molar-refractivity contribution >= 4 is 11.4 Å². The number of amides is 1. The minimum absolute atomic E-state index is 0.0394. The Morgan fingerprint density at radius 2 is 2.16 bits per heavy atom. The fourth-order valence-corrected chi connectivity index (χ4v) is 4.41. The first kappa shape index (κ1) is 18.3. The zero-order chi connectivity index (χ0) is 21.1. The highest BCUT2D eigenvalue weighted by Gasteiger charge is 2.39. The summed E-state index contributed by atoms with van der Waals surface area (Å²) in [6, 6.07) is 5.76. The van der Waals surface area contributed by atoms with E-state index < -0.39 is 6.04 Å². The standard InChI is InChI=1S/C22H23N7O2/c1-12(2)14-4-3-8-29-17(14)10-16(27-29)19-18-15(23-11-24-18)7-9-28(19)22(30)21-26-25-20(31-21)13-5-6-13/h3-4,8,10-13,19H,5-7,9H2,1-2H3,(H,23,24)/t19-/m0/s1. The Kier molecular flexibility index (Phi) is 3.99. The Hall–Kier alpha value is -3.49. The molecule has 6 rings (SSSR count). The highest BCUT2D eigenvalue weighted by molar-refractivity contribution is 5.90. The highest BCUT2D eigenvalue weighted by atomic mass is 16.4. The minimum atomic E-state index is -0.418. The van der Waals surface area contributed by atoms with Gasteiger partial charge in [0.2, 0.25) is 5.89 Å². The van der Waals surface area contributed by atoms with Crippen LogP contribution in [0.5, 0.6) is 0 Å². The van der Waals surface area contributed by atoms with Crippen molar-refractivity contribution < 1.29 is 9.21 Å². The zero-order valence-corrected chi connectivity index (χ0v) is 17.4. The van der Waals surface area contributed by atoms with E-state index in [0.29, 0.717) is 30.7 Å². The Morgan fingerprint density at radius 3 is 2.97 bits per heavy atom. The van der Waals surface area contributed by atoms with E-state index in [1.165, 1.54) is 5.56 Å². The quantitative estimate of drug-likeness (QED) is 0.547. The number of aromatic nitrogens is 6. The fraction of sp³-hybridized carbons (Fsp3) is 0.409. The number of aromatic amines is 1. The van der Waals surface area contributed by atoms with Crippen LogP contribution >= 0.6 is 0 Å². The summed E-state index contributed by atoms with van der Waals surface area (Å²) < 4.78 is 7.60. The van der Waals surface area contributed by atoms with Crippen molar-refractivity contribution in [1.82, 2.24) is 34.7 Å². The number of rotatable bonds is 4. The second-order valence-corrected chi connectivity index (χ2v) is 8.65. The van der Waals surface area contributed by atoms with Gasteiger partial charge >= 0.3 is 11.8 Å². The molecule has 1 saturated carbocycles. The topological polar surface area (TPSA) is 105 Å². The average Bonchev–Trinajstić information content (AvgIpc) is 3.19. The third-order valence-electron chi connectivity index (χ3n) is 6.19. The van der Waals surface area contributed by atoms with Crippen LogP contribution in [0.25, 0.3) is 5.52 Å². The molecule has 0 spiro atoms. The Morgan fingerprint density at radius 1 is 1.29 bits per heavy atom. The molecule has 158 valence electrons. The molecule has 0 unspecified atom stereocenters. The molecule has 1 amide bonds. The number of pyridine rings is 1. The van der Waals surface area contributed by atoms with E-state index in [1.807, 2.05) is 16.8 Å². The fourth-order valence-electron chi connectivity index (χ4n) is 4.41. The lowest BCUT2D eigenvalue weighted by molar-refractivity contribution is 0.0644. The van der Waals surface area contributed by atoms with Gasteiger partial charge in [0, 0.05) is 30.8 Å². The van der Waals surface area contributed by atoms with E-state index in [4.69, 9.17) is 9.52 Å². The van der Waals surface area contributed by atoms with Crippen LogP contribution < -0.4 is 0 Å². The minimum Gasteiger partial charge on any atom is -0.417 e. The molecule has 9 heteroatoms. The molecular weight excluding hydrogens is 394 g/mol. The van der Waals surface area contributed by atoms with Crippen LogP contribution in [0.1, 0.15) is 83.8 Å². The molecule has 1 aliphatic carbocycles. The first-order chi connectivity index (χ1) is 15.1. The SMILES string of the molecule is CC(C)c1cccn2nc([C@H]3c4nc[nH]c4CCN3C(=O)c3nnc(C4CC4)o3)cc12. The van der Waals surface area contributed by atoms with Crippen LogP contribution in [0, 0.1) is 0 Å². The molecule has 4 aromatic rings. The summed E-state index contributed by atoms with van der Waals surface area (Å²) in [5, 5.41) is 13.0. The van der Waals surface area contributed by atoms with E-state index in [0.717, 1.165) is 35.4 Å². The van der Waals surface area contributed by atoms with Crippen molar-refractivity contribution in [3.05, 3.63) is 65.1 Å². The van der Waals surface area contributed by atoms with E-state index in [9.17, 15) is 4.79 Å². The largest absolute Gasteiger partial charge is 0.417 e. The number of hydrogen-bond donors (Lipinski definition) is 1. The van der Waals surface area contributed by atoms with Gasteiger partial charge in [-0.05, 0) is 36.5 Å². The monoisotopic (exact) mass is 417 g/mol. The number of nitrogens with zero attached hydrogens (tertiary/aromatic N) is 6. The van der Waals surface area contributed by atoms with Crippen LogP contribution in [0.4, 0.5) is 0 Å². The second kappa shape index (κ2) is 6.76. The first-order valence-electron chi connectivity index (χ1n) is 10.7. The molecule has 0 bridgehead atoms. The van der Waals surface area contributed by atoms with E-state index in [-0.39, 0.29) is 11.8 Å². The second-order valence-electron chi connectivity index (χ2n) is 8.65. The number of nitrogens with one attached hydrogen (secondary N) is 1. The third kappa shape index (κ3) is 2.95. The van der Waals surface area contributed by atoms with Crippen molar-refractivity contribution in [3.63, 3.8) is 0 Å². The Balaban J connectivity index is 1.44. The van der Waals surface area contributed by atoms with Gasteiger partial charge in [-0.1, -0.05) is 19.9 Å². The van der Waals surface area contributed by atoms with Crippen molar-refractivity contribution in [1.29, 1.82) is 0 Å². The summed E-state index contributed by atoms with van der Waals surface area (Å²) in [7, 11) is 0. The van der Waals surface area contributed by atoms with Gasteiger partial charge in [0.05, 0.1) is 23.2 Å². The normalized spacial score (nSPS) is 18.7. The average molecular weight is 417 g/mol. The molecule has 4 aromatic heterocycles. The Bertz CT molecular complexity index is 1280. The summed E-state index contributed by atoms with van der Waals surface area (Å²) >= 11 is 0. The summed E-state index contributed by atoms with van der Waals surface area (Å²) in [5.41, 5.74) is 4.87. The van der Waals surface area contributed by atoms with Crippen LogP contribution in [0.15, 0.2) is 35.1 Å². The molecule has 0 radical (unpaired) electrons. The highest BCUT2D eigenvalue weighted by Crippen LogP contribution is 2.40. The third-order valence-corrected chi connectivity index (χ3v) is 6.19. The summed E-state index contributed by atoms with van der Waals surface area (Å²) in [5.74, 6) is 0.984. The van der Waals surface area contributed by atoms with E-state index >= 15 is 0 Å². The molecule has 9 nitrogen and oxygen atoms in total. The van der Waals surface area contributed by atoms with Gasteiger partial charge in [-0.3, -0.25) is 4.79 Å². The number of carbonyl (C=O) groups is 1. The maximum atomic E-state index is 13.4. The molecule has 1 fully saturated rings. The van der Waals surface area contributed by atoms with Crippen LogP contribution in [-0.2, 0) is 6.42 Å². The first-order valence-corrected chi connectivity index (χ1v) is 10.7. The molecule has 1 N–H and O–H groups in total. The number of H-pyrrole nitrogens is 1. The Labute approximate surface area is 178 Å². The number of hydrogen-bond acceptors (Lipinski definition) is 6. The molecule has 2 aliphatic rings. The molecular formula is C22H23N7O2. The predicted molar refractivity (Wildman–Crippen MR) is 111 cm³/mol. The van der Waals surface area contributed by atoms with Gasteiger partial charge in [0.25, 0.3) is 0 Å². The summed E-state index contributed by atoms with van der Waals surface area (Å²) in [6.45, 7) is 4.85. The maximum absolute atomic E-state index is 13.4. The maximum Gasteiger partial charge on any atom is 0.312 e. The summed E-state index contributed by atoms with van der Waals surface area (Å²) in [4.78, 5) is 22.9. The zero-order valence-electron chi connectivity index (χ0n) is 17.4. The van der Waals surface area contributed by atoms with Crippen molar-refractivity contribution in [2.75, 3.05) is 6.54 Å². The molecule has 0 saturated heterocycles. The van der Waals surface area contributed by atoms with Crippen molar-refractivity contribution in [3.8, 4) is 0 Å². The molecule has 31 heavy (non-hydrogen) atoms. The summed E-state index contributed by atoms with van der Waals surface area (Å²) in [6.07, 6.45) is 6.38. The van der Waals surface area contributed by atoms with E-state index in [1.54, 1.807) is 11.2 Å². The van der Waals surface area contributed by atoms with Gasteiger partial charge < -0.3 is 14.3 Å². The lowest BCUT2D eigenvalue weighted by Gasteiger charge is -2.32. The molecule has 0 aromatic carbocycles. The predicted octanol–water partition coefficient (Wildman–Crippen LogP) is 3.23. The van der Waals surface area contributed by atoms with Gasteiger partial charge in [-0.2, -0.15) is 5.10 Å². The van der Waals surface area contributed by atoms with Gasteiger partial charge in [-0.25, -0.2) is 9.50 Å². The van der Waals surface area contributed by atoms with E-state index in [2.05, 4.69) is 46.1 Å². The van der Waals surface area contributed by atoms with Crippen molar-refractivity contribution in [2.24, 2.45) is 0 Å². The number of carbonyl (C=O) groups excluding carboxylic acids is 1. The van der Waals surface area contributed by atoms with Gasteiger partial charge in [0.1, 0.15) is 6.04 Å². The number of fused-ring (bicyclic) bond motifs is 2. The lowest BCUT2D eigenvalue weighted by Crippen LogP contribution is -2.41. The number of imidazole rings is 1. The lowest BCUT2D eigenvalue weighted by atomic mass is 9.98. The van der Waals surface area contributed by atoms with Crippen molar-refractivity contribution in [2.45, 2.75) is 51.0 Å². The van der Waals surface area contributed by atoms with Gasteiger partial charge in [0.15, 0.2) is 0 Å². The van der Waals surface area contributed by atoms with Crippen LogP contribution in [0.3, 0.4) is 0 Å². The van der Waals surface area contributed by atoms with Crippen LogP contribution in [-0.4, -0.2) is 47.1 Å². The molecule has 5 heterocycles. The van der Waals surface area contributed by atoms with Crippen LogP contribution in [0.2, 0.25) is 0 Å². The van der Waals surface area contributed by atoms with Gasteiger partial charge in [-0.15, -0.1) is 10.2 Å². The molecule has 1 aliphatic heterocycles.